The fourth-order valence-corrected chi connectivity index (χ4v) is 2.53. The molecule has 4 heteroatoms. The third-order valence-corrected chi connectivity index (χ3v) is 3.68. The zero-order valence-electron chi connectivity index (χ0n) is 11.4. The molecule has 2 nitrogen and oxygen atoms in total. The van der Waals surface area contributed by atoms with E-state index >= 15 is 0 Å². The smallest absolute Gasteiger partial charge is 0.0426 e. The van der Waals surface area contributed by atoms with Gasteiger partial charge >= 0.3 is 0 Å². The first-order chi connectivity index (χ1) is 8.58. The SMILES string of the molecule is CCCN(CCN(C)C)c1cc(Cl)ccc1CBr. The third kappa shape index (κ3) is 4.79. The van der Waals surface area contributed by atoms with E-state index in [2.05, 4.69) is 58.9 Å². The standard InChI is InChI=1S/C14H22BrClN2/c1-4-7-18(9-8-17(2)3)14-10-13(16)6-5-12(14)11-15/h5-6,10H,4,7-9,11H2,1-3H3. The van der Waals surface area contributed by atoms with E-state index in [0.29, 0.717) is 0 Å². The summed E-state index contributed by atoms with van der Waals surface area (Å²) in [5.74, 6) is 0. The predicted octanol–water partition coefficient (Wildman–Crippen LogP) is 4.01. The average Bonchev–Trinajstić information content (AvgIpc) is 2.34. The number of benzene rings is 1. The van der Waals surface area contributed by atoms with Crippen LogP contribution >= 0.6 is 27.5 Å². The first-order valence-corrected chi connectivity index (χ1v) is 7.82. The summed E-state index contributed by atoms with van der Waals surface area (Å²) in [5.41, 5.74) is 2.55. The van der Waals surface area contributed by atoms with Gasteiger partial charge in [0.1, 0.15) is 0 Å². The maximum absolute atomic E-state index is 6.13. The number of halogens is 2. The molecule has 0 amide bonds. The Morgan fingerprint density at radius 3 is 2.44 bits per heavy atom. The highest BCUT2D eigenvalue weighted by atomic mass is 79.9. The van der Waals surface area contributed by atoms with Crippen LogP contribution in [-0.4, -0.2) is 38.6 Å². The van der Waals surface area contributed by atoms with Crippen molar-refractivity contribution in [3.05, 3.63) is 28.8 Å². The molecule has 0 bridgehead atoms. The Balaban J connectivity index is 2.92. The highest BCUT2D eigenvalue weighted by Gasteiger charge is 2.11. The van der Waals surface area contributed by atoms with Crippen LogP contribution in [0.4, 0.5) is 5.69 Å². The van der Waals surface area contributed by atoms with Crippen molar-refractivity contribution in [2.24, 2.45) is 0 Å². The summed E-state index contributed by atoms with van der Waals surface area (Å²) < 4.78 is 0. The zero-order valence-corrected chi connectivity index (χ0v) is 13.8. The average molecular weight is 334 g/mol. The van der Waals surface area contributed by atoms with Crippen molar-refractivity contribution in [1.29, 1.82) is 0 Å². The molecule has 1 aromatic rings. The molecular weight excluding hydrogens is 312 g/mol. The van der Waals surface area contributed by atoms with Gasteiger partial charge in [-0.25, -0.2) is 0 Å². The lowest BCUT2D eigenvalue weighted by molar-refractivity contribution is 0.413. The number of alkyl halides is 1. The van der Waals surface area contributed by atoms with Gasteiger partial charge in [0.2, 0.25) is 0 Å². The summed E-state index contributed by atoms with van der Waals surface area (Å²) in [6, 6.07) is 6.13. The minimum atomic E-state index is 0.806. The fourth-order valence-electron chi connectivity index (χ4n) is 1.89. The second kappa shape index (κ2) is 8.03. The van der Waals surface area contributed by atoms with Crippen molar-refractivity contribution < 1.29 is 0 Å². The second-order valence-electron chi connectivity index (χ2n) is 4.70. The molecule has 0 saturated heterocycles. The normalized spacial score (nSPS) is 11.0. The van der Waals surface area contributed by atoms with E-state index in [0.717, 1.165) is 36.4 Å². The topological polar surface area (TPSA) is 6.48 Å². The Morgan fingerprint density at radius 1 is 1.17 bits per heavy atom. The Bertz CT molecular complexity index is 369. The van der Waals surface area contributed by atoms with Gasteiger partial charge in [-0.1, -0.05) is 40.5 Å². The Kier molecular flexibility index (Phi) is 7.05. The summed E-state index contributed by atoms with van der Waals surface area (Å²) in [6.07, 6.45) is 1.14. The van der Waals surface area contributed by atoms with Crippen molar-refractivity contribution in [3.8, 4) is 0 Å². The number of likely N-dealkylation sites (N-methyl/N-ethyl adjacent to an activating group) is 1. The lowest BCUT2D eigenvalue weighted by Gasteiger charge is -2.28. The van der Waals surface area contributed by atoms with Crippen LogP contribution in [0.25, 0.3) is 0 Å². The van der Waals surface area contributed by atoms with Crippen molar-refractivity contribution in [1.82, 2.24) is 4.90 Å². The van der Waals surface area contributed by atoms with E-state index in [1.807, 2.05) is 6.07 Å². The van der Waals surface area contributed by atoms with E-state index in [1.165, 1.54) is 11.3 Å². The first-order valence-electron chi connectivity index (χ1n) is 6.32. The molecule has 0 aliphatic rings. The van der Waals surface area contributed by atoms with Crippen LogP contribution in [0.5, 0.6) is 0 Å². The largest absolute Gasteiger partial charge is 0.370 e. The lowest BCUT2D eigenvalue weighted by Crippen LogP contribution is -2.32. The molecular formula is C14H22BrClN2. The number of anilines is 1. The van der Waals surface area contributed by atoms with Crippen molar-refractivity contribution in [3.63, 3.8) is 0 Å². The molecule has 0 aromatic heterocycles. The predicted molar refractivity (Wildman–Crippen MR) is 85.1 cm³/mol. The molecule has 0 fully saturated rings. The van der Waals surface area contributed by atoms with Gasteiger partial charge in [0.05, 0.1) is 0 Å². The molecule has 0 saturated carbocycles. The van der Waals surface area contributed by atoms with E-state index in [1.54, 1.807) is 0 Å². The van der Waals surface area contributed by atoms with Gasteiger partial charge in [-0.2, -0.15) is 0 Å². The van der Waals surface area contributed by atoms with Gasteiger partial charge in [0.15, 0.2) is 0 Å². The van der Waals surface area contributed by atoms with E-state index in [9.17, 15) is 0 Å². The third-order valence-electron chi connectivity index (χ3n) is 2.84. The lowest BCUT2D eigenvalue weighted by atomic mass is 10.1. The Hall–Kier alpha value is -0.250. The van der Waals surface area contributed by atoms with Crippen LogP contribution in [0, 0.1) is 0 Å². The monoisotopic (exact) mass is 332 g/mol. The summed E-state index contributed by atoms with van der Waals surface area (Å²) in [5, 5.41) is 1.67. The minimum Gasteiger partial charge on any atom is -0.370 e. The number of nitrogens with zero attached hydrogens (tertiary/aromatic N) is 2. The van der Waals surface area contributed by atoms with Gasteiger partial charge in [0, 0.05) is 35.7 Å². The maximum atomic E-state index is 6.13. The summed E-state index contributed by atoms with van der Waals surface area (Å²) >= 11 is 9.68. The first kappa shape index (κ1) is 15.8. The van der Waals surface area contributed by atoms with Crippen LogP contribution in [0.1, 0.15) is 18.9 Å². The van der Waals surface area contributed by atoms with Crippen LogP contribution in [0.15, 0.2) is 18.2 Å². The second-order valence-corrected chi connectivity index (χ2v) is 5.69. The van der Waals surface area contributed by atoms with Crippen LogP contribution in [0.3, 0.4) is 0 Å². The van der Waals surface area contributed by atoms with Crippen LogP contribution < -0.4 is 4.90 Å². The molecule has 0 radical (unpaired) electrons. The summed E-state index contributed by atoms with van der Waals surface area (Å²) in [6.45, 7) is 5.35. The number of hydrogen-bond donors (Lipinski definition) is 0. The summed E-state index contributed by atoms with van der Waals surface area (Å²) in [7, 11) is 4.21. The maximum Gasteiger partial charge on any atom is 0.0426 e. The zero-order chi connectivity index (χ0) is 13.5. The molecule has 0 N–H and O–H groups in total. The molecule has 0 aliphatic heterocycles. The van der Waals surface area contributed by atoms with E-state index in [-0.39, 0.29) is 0 Å². The van der Waals surface area contributed by atoms with E-state index in [4.69, 9.17) is 11.6 Å². The van der Waals surface area contributed by atoms with Crippen molar-refractivity contribution in [2.75, 3.05) is 38.6 Å². The summed E-state index contributed by atoms with van der Waals surface area (Å²) in [4.78, 5) is 4.63. The molecule has 18 heavy (non-hydrogen) atoms. The van der Waals surface area contributed by atoms with E-state index < -0.39 is 0 Å². The molecule has 1 rings (SSSR count). The minimum absolute atomic E-state index is 0.806. The van der Waals surface area contributed by atoms with Gasteiger partial charge in [-0.3, -0.25) is 0 Å². The highest BCUT2D eigenvalue weighted by Crippen LogP contribution is 2.27. The van der Waals surface area contributed by atoms with Crippen LogP contribution in [0.2, 0.25) is 5.02 Å². The number of rotatable bonds is 7. The van der Waals surface area contributed by atoms with Gasteiger partial charge < -0.3 is 9.80 Å². The fraction of sp³-hybridized carbons (Fsp3) is 0.571. The van der Waals surface area contributed by atoms with Crippen LogP contribution in [-0.2, 0) is 5.33 Å². The molecule has 0 unspecified atom stereocenters. The molecule has 0 heterocycles. The molecule has 0 spiro atoms. The quantitative estimate of drug-likeness (QED) is 0.696. The van der Waals surface area contributed by atoms with Crippen molar-refractivity contribution >= 4 is 33.2 Å². The van der Waals surface area contributed by atoms with Gasteiger partial charge in [-0.15, -0.1) is 0 Å². The Morgan fingerprint density at radius 2 is 1.89 bits per heavy atom. The van der Waals surface area contributed by atoms with Gasteiger partial charge in [0.25, 0.3) is 0 Å². The van der Waals surface area contributed by atoms with Gasteiger partial charge in [-0.05, 0) is 38.2 Å². The highest BCUT2D eigenvalue weighted by molar-refractivity contribution is 9.08. The molecule has 102 valence electrons. The molecule has 0 atom stereocenters. The van der Waals surface area contributed by atoms with Crippen molar-refractivity contribution in [2.45, 2.75) is 18.7 Å². The molecule has 0 aliphatic carbocycles. The number of hydrogen-bond acceptors (Lipinski definition) is 2. The molecule has 1 aromatic carbocycles. The Labute approximate surface area is 124 Å².